The van der Waals surface area contributed by atoms with Crippen LogP contribution in [0.4, 0.5) is 0 Å². The van der Waals surface area contributed by atoms with Crippen molar-refractivity contribution in [2.24, 2.45) is 5.92 Å². The molecule has 0 atom stereocenters. The minimum atomic E-state index is 0.277. The summed E-state index contributed by atoms with van der Waals surface area (Å²) in [6.07, 6.45) is 2.08. The molecule has 0 amide bonds. The molecule has 16 heavy (non-hydrogen) atoms. The Morgan fingerprint density at radius 2 is 2.06 bits per heavy atom. The van der Waals surface area contributed by atoms with Crippen LogP contribution in [0.1, 0.15) is 37.8 Å². The molecule has 0 heterocycles. The van der Waals surface area contributed by atoms with Gasteiger partial charge in [-0.05, 0) is 36.5 Å². The summed E-state index contributed by atoms with van der Waals surface area (Å²) in [5.41, 5.74) is 2.07. The summed E-state index contributed by atoms with van der Waals surface area (Å²) in [4.78, 5) is 11.7. The molecule has 1 nitrogen and oxygen atoms in total. The van der Waals surface area contributed by atoms with Crippen LogP contribution < -0.4 is 0 Å². The second-order valence-corrected chi connectivity index (χ2v) is 5.15. The first-order chi connectivity index (χ1) is 7.49. The summed E-state index contributed by atoms with van der Waals surface area (Å²) in [6, 6.07) is 5.86. The summed E-state index contributed by atoms with van der Waals surface area (Å²) in [5.74, 6) is 0.858. The molecule has 0 aliphatic heterocycles. The van der Waals surface area contributed by atoms with Crippen LogP contribution in [-0.4, -0.2) is 5.78 Å². The Bertz CT molecular complexity index is 369. The third-order valence-corrected chi connectivity index (χ3v) is 2.95. The second kappa shape index (κ2) is 6.05. The van der Waals surface area contributed by atoms with Gasteiger partial charge in [0.2, 0.25) is 0 Å². The summed E-state index contributed by atoms with van der Waals surface area (Å²) in [6.45, 7) is 6.26. The largest absolute Gasteiger partial charge is 0.299 e. The molecule has 0 fully saturated rings. The maximum atomic E-state index is 11.7. The van der Waals surface area contributed by atoms with Gasteiger partial charge < -0.3 is 0 Å². The molecule has 0 radical (unpaired) electrons. The van der Waals surface area contributed by atoms with Gasteiger partial charge in [-0.25, -0.2) is 0 Å². The number of hydrogen-bond acceptors (Lipinski definition) is 1. The predicted octanol–water partition coefficient (Wildman–Crippen LogP) is 4.20. The molecule has 0 saturated carbocycles. The molecule has 0 spiro atoms. The summed E-state index contributed by atoms with van der Waals surface area (Å²) in [7, 11) is 0. The standard InChI is InChI=1S/C14H19ClO/c1-10(2)4-7-13(16)9-12-6-5-11(3)8-14(12)15/h5-6,8,10H,4,7,9H2,1-3H3. The first-order valence-electron chi connectivity index (χ1n) is 5.75. The molecule has 1 aromatic carbocycles. The first kappa shape index (κ1) is 13.2. The van der Waals surface area contributed by atoms with E-state index in [-0.39, 0.29) is 5.78 Å². The molecule has 0 aliphatic carbocycles. The van der Waals surface area contributed by atoms with E-state index >= 15 is 0 Å². The minimum Gasteiger partial charge on any atom is -0.299 e. The zero-order valence-corrected chi connectivity index (χ0v) is 11.0. The molecule has 0 aromatic heterocycles. The lowest BCUT2D eigenvalue weighted by Crippen LogP contribution is -2.04. The minimum absolute atomic E-state index is 0.277. The van der Waals surface area contributed by atoms with Crippen LogP contribution in [0.25, 0.3) is 0 Å². The normalized spacial score (nSPS) is 10.8. The molecular weight excluding hydrogens is 220 g/mol. The van der Waals surface area contributed by atoms with Crippen molar-refractivity contribution >= 4 is 17.4 Å². The molecule has 0 saturated heterocycles. The van der Waals surface area contributed by atoms with Gasteiger partial charge in [0.1, 0.15) is 5.78 Å². The lowest BCUT2D eigenvalue weighted by atomic mass is 10.0. The highest BCUT2D eigenvalue weighted by atomic mass is 35.5. The SMILES string of the molecule is Cc1ccc(CC(=O)CCC(C)C)c(Cl)c1. The van der Waals surface area contributed by atoms with Gasteiger partial charge in [-0.15, -0.1) is 0 Å². The number of carbonyl (C=O) groups is 1. The highest BCUT2D eigenvalue weighted by molar-refractivity contribution is 6.31. The molecule has 88 valence electrons. The van der Waals surface area contributed by atoms with Crippen molar-refractivity contribution in [1.82, 2.24) is 0 Å². The van der Waals surface area contributed by atoms with Gasteiger partial charge in [-0.3, -0.25) is 4.79 Å². The molecule has 2 heteroatoms. The summed E-state index contributed by atoms with van der Waals surface area (Å²) >= 11 is 6.08. The molecular formula is C14H19ClO. The fourth-order valence-electron chi connectivity index (χ4n) is 1.55. The van der Waals surface area contributed by atoms with E-state index in [1.165, 1.54) is 0 Å². The number of Topliss-reactive ketones (excluding diaryl/α,β-unsaturated/α-hetero) is 1. The van der Waals surface area contributed by atoms with Crippen LogP contribution in [0.15, 0.2) is 18.2 Å². The quantitative estimate of drug-likeness (QED) is 0.752. The number of halogens is 1. The number of carbonyl (C=O) groups excluding carboxylic acids is 1. The fourth-order valence-corrected chi connectivity index (χ4v) is 1.85. The van der Waals surface area contributed by atoms with Crippen molar-refractivity contribution in [3.63, 3.8) is 0 Å². The highest BCUT2D eigenvalue weighted by Gasteiger charge is 2.08. The Hall–Kier alpha value is -0.820. The monoisotopic (exact) mass is 238 g/mol. The van der Waals surface area contributed by atoms with Crippen LogP contribution in [0.3, 0.4) is 0 Å². The van der Waals surface area contributed by atoms with Crippen molar-refractivity contribution in [2.75, 3.05) is 0 Å². The van der Waals surface area contributed by atoms with Gasteiger partial charge in [0.05, 0.1) is 0 Å². The highest BCUT2D eigenvalue weighted by Crippen LogP contribution is 2.19. The Morgan fingerprint density at radius 3 is 2.62 bits per heavy atom. The molecule has 1 rings (SSSR count). The average molecular weight is 239 g/mol. The van der Waals surface area contributed by atoms with Gasteiger partial charge in [0.25, 0.3) is 0 Å². The fraction of sp³-hybridized carbons (Fsp3) is 0.500. The molecule has 0 unspecified atom stereocenters. The smallest absolute Gasteiger partial charge is 0.137 e. The third kappa shape index (κ3) is 4.36. The molecule has 0 N–H and O–H groups in total. The lowest BCUT2D eigenvalue weighted by Gasteiger charge is -2.06. The molecule has 0 bridgehead atoms. The third-order valence-electron chi connectivity index (χ3n) is 2.60. The van der Waals surface area contributed by atoms with Crippen molar-refractivity contribution in [2.45, 2.75) is 40.0 Å². The second-order valence-electron chi connectivity index (χ2n) is 4.74. The van der Waals surface area contributed by atoms with E-state index in [9.17, 15) is 4.79 Å². The first-order valence-corrected chi connectivity index (χ1v) is 6.13. The summed E-state index contributed by atoms with van der Waals surface area (Å²) in [5, 5.41) is 0.706. The van der Waals surface area contributed by atoms with Gasteiger partial charge in [-0.1, -0.05) is 37.6 Å². The number of benzene rings is 1. The Labute approximate surface area is 103 Å². The Kier molecular flexibility index (Phi) is 5.01. The zero-order chi connectivity index (χ0) is 12.1. The number of rotatable bonds is 5. The van der Waals surface area contributed by atoms with Gasteiger partial charge in [0.15, 0.2) is 0 Å². The zero-order valence-electron chi connectivity index (χ0n) is 10.2. The van der Waals surface area contributed by atoms with Gasteiger partial charge in [-0.2, -0.15) is 0 Å². The van der Waals surface area contributed by atoms with Crippen molar-refractivity contribution in [3.05, 3.63) is 34.3 Å². The van der Waals surface area contributed by atoms with Crippen molar-refractivity contribution < 1.29 is 4.79 Å². The topological polar surface area (TPSA) is 17.1 Å². The van der Waals surface area contributed by atoms with E-state index in [0.717, 1.165) is 17.5 Å². The van der Waals surface area contributed by atoms with Gasteiger partial charge >= 0.3 is 0 Å². The van der Waals surface area contributed by atoms with Crippen LogP contribution in [-0.2, 0) is 11.2 Å². The van der Waals surface area contributed by atoms with E-state index in [2.05, 4.69) is 13.8 Å². The lowest BCUT2D eigenvalue weighted by molar-refractivity contribution is -0.118. The van der Waals surface area contributed by atoms with Crippen LogP contribution in [0.2, 0.25) is 5.02 Å². The maximum absolute atomic E-state index is 11.7. The number of hydrogen-bond donors (Lipinski definition) is 0. The number of aryl methyl sites for hydroxylation is 1. The van der Waals surface area contributed by atoms with Crippen LogP contribution >= 0.6 is 11.6 Å². The average Bonchev–Trinajstić information content (AvgIpc) is 2.19. The summed E-state index contributed by atoms with van der Waals surface area (Å²) < 4.78 is 0. The predicted molar refractivity (Wildman–Crippen MR) is 69.0 cm³/mol. The molecule has 0 aliphatic rings. The Morgan fingerprint density at radius 1 is 1.38 bits per heavy atom. The Balaban J connectivity index is 2.56. The van der Waals surface area contributed by atoms with Crippen LogP contribution in [0, 0.1) is 12.8 Å². The van der Waals surface area contributed by atoms with E-state index in [4.69, 9.17) is 11.6 Å². The molecule has 1 aromatic rings. The van der Waals surface area contributed by atoms with E-state index in [1.54, 1.807) is 0 Å². The van der Waals surface area contributed by atoms with Crippen LogP contribution in [0.5, 0.6) is 0 Å². The maximum Gasteiger partial charge on any atom is 0.137 e. The van der Waals surface area contributed by atoms with E-state index < -0.39 is 0 Å². The number of ketones is 1. The van der Waals surface area contributed by atoms with E-state index in [0.29, 0.717) is 23.8 Å². The van der Waals surface area contributed by atoms with E-state index in [1.807, 2.05) is 25.1 Å². The van der Waals surface area contributed by atoms with Crippen molar-refractivity contribution in [3.8, 4) is 0 Å². The van der Waals surface area contributed by atoms with Gasteiger partial charge in [0, 0.05) is 17.9 Å². The van der Waals surface area contributed by atoms with Crippen molar-refractivity contribution in [1.29, 1.82) is 0 Å².